The van der Waals surface area contributed by atoms with Crippen molar-refractivity contribution in [2.24, 2.45) is 0 Å². The topological polar surface area (TPSA) is 85.1 Å². The molecule has 5 rings (SSSR count). The third-order valence-corrected chi connectivity index (χ3v) is 6.25. The number of hydrogen-bond donors (Lipinski definition) is 2. The predicted octanol–water partition coefficient (Wildman–Crippen LogP) is 3.13. The number of nitrogens with zero attached hydrogens (tertiary/aromatic N) is 3. The summed E-state index contributed by atoms with van der Waals surface area (Å²) in [5, 5.41) is 7.99. The van der Waals surface area contributed by atoms with Crippen LogP contribution in [-0.2, 0) is 19.4 Å². The lowest BCUT2D eigenvalue weighted by atomic mass is 10.0. The van der Waals surface area contributed by atoms with Gasteiger partial charge in [0.1, 0.15) is 5.69 Å². The second-order valence-electron chi connectivity index (χ2n) is 8.25. The zero-order valence-electron chi connectivity index (χ0n) is 17.2. The molecule has 3 aromatic rings. The minimum Gasteiger partial charge on any atom is -0.351 e. The first-order valence-corrected chi connectivity index (χ1v) is 10.5. The monoisotopic (exact) mass is 427 g/mol. The summed E-state index contributed by atoms with van der Waals surface area (Å²) in [5.41, 5.74) is 4.10. The number of fused-ring (bicyclic) bond motifs is 2. The van der Waals surface area contributed by atoms with E-state index in [-0.39, 0.29) is 31.1 Å². The molecule has 0 spiro atoms. The van der Waals surface area contributed by atoms with E-state index < -0.39 is 18.4 Å². The average molecular weight is 427 g/mol. The summed E-state index contributed by atoms with van der Waals surface area (Å²) in [7, 11) is 0. The van der Waals surface area contributed by atoms with Crippen molar-refractivity contribution in [3.8, 4) is 0 Å². The molecule has 0 aliphatic carbocycles. The van der Waals surface area contributed by atoms with Crippen molar-refractivity contribution < 1.29 is 18.4 Å². The van der Waals surface area contributed by atoms with Gasteiger partial charge in [0.2, 0.25) is 0 Å². The number of benzene rings is 1. The van der Waals surface area contributed by atoms with Gasteiger partial charge in [-0.15, -0.1) is 0 Å². The summed E-state index contributed by atoms with van der Waals surface area (Å²) in [6.07, 6.45) is 1.06. The zero-order chi connectivity index (χ0) is 21.8. The Morgan fingerprint density at radius 1 is 1.19 bits per heavy atom. The van der Waals surface area contributed by atoms with Crippen LogP contribution in [0.4, 0.5) is 8.78 Å². The number of aromatic amines is 2. The van der Waals surface area contributed by atoms with Crippen LogP contribution < -0.4 is 0 Å². The maximum absolute atomic E-state index is 13.6. The number of aryl methyl sites for hydroxylation is 1. The Balaban J connectivity index is 1.39. The molecule has 2 aliphatic heterocycles. The van der Waals surface area contributed by atoms with E-state index in [9.17, 15) is 18.4 Å². The van der Waals surface area contributed by atoms with Gasteiger partial charge in [-0.05, 0) is 24.1 Å². The third kappa shape index (κ3) is 3.37. The summed E-state index contributed by atoms with van der Waals surface area (Å²) in [4.78, 5) is 32.0. The Kier molecular flexibility index (Phi) is 4.56. The van der Waals surface area contributed by atoms with Gasteiger partial charge in [-0.1, -0.05) is 19.1 Å². The molecule has 0 radical (unpaired) electrons. The van der Waals surface area contributed by atoms with Gasteiger partial charge in [0, 0.05) is 48.1 Å². The van der Waals surface area contributed by atoms with Crippen LogP contribution in [0.5, 0.6) is 0 Å². The number of carbonyl (C=O) groups excluding carboxylic acids is 2. The maximum Gasteiger partial charge on any atom is 0.274 e. The molecule has 0 bridgehead atoms. The lowest BCUT2D eigenvalue weighted by molar-refractivity contribution is 0.0119. The zero-order valence-corrected chi connectivity index (χ0v) is 17.2. The number of hydrogen-bond acceptors (Lipinski definition) is 3. The van der Waals surface area contributed by atoms with Crippen molar-refractivity contribution in [1.29, 1.82) is 0 Å². The van der Waals surface area contributed by atoms with Gasteiger partial charge in [0.25, 0.3) is 17.7 Å². The van der Waals surface area contributed by atoms with Gasteiger partial charge >= 0.3 is 0 Å². The Bertz CT molecular complexity index is 1180. The molecule has 31 heavy (non-hydrogen) atoms. The minimum absolute atomic E-state index is 0.00490. The number of likely N-dealkylation sites (tertiary alicyclic amines) is 1. The lowest BCUT2D eigenvalue weighted by Gasteiger charge is -2.27. The van der Waals surface area contributed by atoms with E-state index in [1.165, 1.54) is 5.56 Å². The summed E-state index contributed by atoms with van der Waals surface area (Å²) in [5.74, 6) is -3.53. The van der Waals surface area contributed by atoms with Crippen LogP contribution in [0.25, 0.3) is 10.9 Å². The largest absolute Gasteiger partial charge is 0.351 e. The molecule has 1 aromatic carbocycles. The van der Waals surface area contributed by atoms with Crippen molar-refractivity contribution in [3.05, 3.63) is 52.5 Å². The number of rotatable bonds is 3. The van der Waals surface area contributed by atoms with Crippen LogP contribution in [0.3, 0.4) is 0 Å². The summed E-state index contributed by atoms with van der Waals surface area (Å²) >= 11 is 0. The van der Waals surface area contributed by atoms with Gasteiger partial charge in [0.05, 0.1) is 13.1 Å². The molecule has 0 atom stereocenters. The van der Waals surface area contributed by atoms with Crippen LogP contribution in [0.15, 0.2) is 24.3 Å². The molecule has 0 unspecified atom stereocenters. The van der Waals surface area contributed by atoms with Gasteiger partial charge in [0.15, 0.2) is 5.69 Å². The average Bonchev–Trinajstić information content (AvgIpc) is 3.47. The number of amides is 2. The second-order valence-corrected chi connectivity index (χ2v) is 8.25. The third-order valence-electron chi connectivity index (χ3n) is 6.25. The fourth-order valence-corrected chi connectivity index (χ4v) is 4.52. The molecule has 7 nitrogen and oxygen atoms in total. The van der Waals surface area contributed by atoms with Crippen molar-refractivity contribution >= 4 is 22.7 Å². The first-order valence-electron chi connectivity index (χ1n) is 10.5. The molecule has 162 valence electrons. The van der Waals surface area contributed by atoms with Crippen LogP contribution >= 0.6 is 0 Å². The molecule has 1 fully saturated rings. The SMILES string of the molecule is CCc1cccc2[nH]c(C(=O)N3CCc4[nH]nc(C(=O)N5CCC(F)(F)C5)c4C3)cc12. The predicted molar refractivity (Wildman–Crippen MR) is 110 cm³/mol. The van der Waals surface area contributed by atoms with Crippen molar-refractivity contribution in [3.63, 3.8) is 0 Å². The molecule has 1 saturated heterocycles. The van der Waals surface area contributed by atoms with Crippen LogP contribution in [-0.4, -0.2) is 62.4 Å². The number of aromatic nitrogens is 3. The Morgan fingerprint density at radius 3 is 2.77 bits per heavy atom. The van der Waals surface area contributed by atoms with Gasteiger partial charge < -0.3 is 14.8 Å². The highest BCUT2D eigenvalue weighted by molar-refractivity contribution is 5.99. The Morgan fingerprint density at radius 2 is 2.03 bits per heavy atom. The second kappa shape index (κ2) is 7.18. The standard InChI is InChI=1S/C22H23F2N5O2/c1-2-13-4-3-5-16-14(13)10-18(25-16)20(30)28-8-6-17-15(11-28)19(27-26-17)21(31)29-9-7-22(23,24)12-29/h3-5,10,25H,2,6-9,11-12H2,1H3,(H,26,27). The molecule has 2 amide bonds. The van der Waals surface area contributed by atoms with E-state index in [1.54, 1.807) is 4.90 Å². The number of nitrogens with one attached hydrogen (secondary N) is 2. The van der Waals surface area contributed by atoms with E-state index in [0.29, 0.717) is 24.2 Å². The molecule has 2 aliphatic rings. The molecule has 0 saturated carbocycles. The van der Waals surface area contributed by atoms with E-state index in [0.717, 1.165) is 27.9 Å². The van der Waals surface area contributed by atoms with E-state index >= 15 is 0 Å². The summed E-state index contributed by atoms with van der Waals surface area (Å²) < 4.78 is 27.1. The normalized spacial score (nSPS) is 17.9. The minimum atomic E-state index is -2.86. The highest BCUT2D eigenvalue weighted by atomic mass is 19.3. The maximum atomic E-state index is 13.6. The molecular weight excluding hydrogens is 404 g/mol. The molecule has 2 aromatic heterocycles. The van der Waals surface area contributed by atoms with Gasteiger partial charge in [-0.3, -0.25) is 14.7 Å². The molecule has 4 heterocycles. The van der Waals surface area contributed by atoms with Crippen LogP contribution in [0.1, 0.15) is 51.1 Å². The van der Waals surface area contributed by atoms with Crippen molar-refractivity contribution in [2.75, 3.05) is 19.6 Å². The molecular formula is C22H23F2N5O2. The molecule has 2 N–H and O–H groups in total. The highest BCUT2D eigenvalue weighted by Gasteiger charge is 2.42. The quantitative estimate of drug-likeness (QED) is 0.674. The van der Waals surface area contributed by atoms with Gasteiger partial charge in [-0.25, -0.2) is 8.78 Å². The van der Waals surface area contributed by atoms with Crippen LogP contribution in [0.2, 0.25) is 0 Å². The lowest BCUT2D eigenvalue weighted by Crippen LogP contribution is -2.37. The van der Waals surface area contributed by atoms with Crippen molar-refractivity contribution in [1.82, 2.24) is 25.0 Å². The van der Waals surface area contributed by atoms with E-state index in [1.807, 2.05) is 24.3 Å². The van der Waals surface area contributed by atoms with E-state index in [4.69, 9.17) is 0 Å². The Labute approximate surface area is 177 Å². The Hall–Kier alpha value is -3.23. The van der Waals surface area contributed by atoms with E-state index in [2.05, 4.69) is 22.1 Å². The van der Waals surface area contributed by atoms with Crippen LogP contribution in [0, 0.1) is 0 Å². The summed E-state index contributed by atoms with van der Waals surface area (Å²) in [6, 6.07) is 7.82. The smallest absolute Gasteiger partial charge is 0.274 e. The first kappa shape index (κ1) is 19.7. The number of H-pyrrole nitrogens is 2. The fraction of sp³-hybridized carbons (Fsp3) is 0.409. The first-order chi connectivity index (χ1) is 14.9. The number of carbonyl (C=O) groups is 2. The summed E-state index contributed by atoms with van der Waals surface area (Å²) in [6.45, 7) is 2.18. The highest BCUT2D eigenvalue weighted by Crippen LogP contribution is 2.30. The number of halogens is 2. The fourth-order valence-electron chi connectivity index (χ4n) is 4.52. The number of alkyl halides is 2. The molecule has 9 heteroatoms. The van der Waals surface area contributed by atoms with Gasteiger partial charge in [-0.2, -0.15) is 5.10 Å². The van der Waals surface area contributed by atoms with Crippen molar-refractivity contribution in [2.45, 2.75) is 38.7 Å².